The first-order valence-corrected chi connectivity index (χ1v) is 10.4. The molecule has 1 aliphatic heterocycles. The van der Waals surface area contributed by atoms with Crippen LogP contribution >= 0.6 is 0 Å². The summed E-state index contributed by atoms with van der Waals surface area (Å²) in [5.41, 5.74) is 4.28. The second kappa shape index (κ2) is 6.52. The van der Waals surface area contributed by atoms with Crippen molar-refractivity contribution in [3.8, 4) is 0 Å². The Kier molecular flexibility index (Phi) is 4.32. The number of rotatable bonds is 3. The number of aromatic nitrogens is 2. The fourth-order valence-electron chi connectivity index (χ4n) is 3.57. The predicted molar refractivity (Wildman–Crippen MR) is 103 cm³/mol. The average Bonchev–Trinajstić information content (AvgIpc) is 3.05. The van der Waals surface area contributed by atoms with E-state index in [2.05, 4.69) is 24.0 Å². The highest BCUT2D eigenvalue weighted by molar-refractivity contribution is 7.89. The molecule has 0 unspecified atom stereocenters. The third-order valence-corrected chi connectivity index (χ3v) is 7.07. The normalized spacial score (nSPS) is 17.0. The summed E-state index contributed by atoms with van der Waals surface area (Å²) in [5, 5.41) is 0. The van der Waals surface area contributed by atoms with Crippen LogP contribution in [0.25, 0.3) is 11.0 Å². The molecular formula is C20H23N3O2S. The smallest absolute Gasteiger partial charge is 0.243 e. The number of H-pyrrole nitrogens is 1. The van der Waals surface area contributed by atoms with Gasteiger partial charge in [-0.05, 0) is 56.5 Å². The van der Waals surface area contributed by atoms with Crippen LogP contribution in [0.4, 0.5) is 0 Å². The van der Waals surface area contributed by atoms with Gasteiger partial charge in [-0.3, -0.25) is 0 Å². The van der Waals surface area contributed by atoms with Crippen molar-refractivity contribution >= 4 is 21.1 Å². The first-order chi connectivity index (χ1) is 12.4. The summed E-state index contributed by atoms with van der Waals surface area (Å²) in [6.45, 7) is 5.07. The number of hydrogen-bond acceptors (Lipinski definition) is 3. The van der Waals surface area contributed by atoms with Gasteiger partial charge in [0.2, 0.25) is 10.0 Å². The molecule has 0 bridgehead atoms. The van der Waals surface area contributed by atoms with E-state index in [9.17, 15) is 8.42 Å². The van der Waals surface area contributed by atoms with Crippen LogP contribution in [-0.2, 0) is 10.0 Å². The number of piperidine rings is 1. The number of aryl methyl sites for hydroxylation is 2. The van der Waals surface area contributed by atoms with E-state index in [4.69, 9.17) is 4.98 Å². The Bertz CT molecular complexity index is 1030. The van der Waals surface area contributed by atoms with Gasteiger partial charge in [-0.1, -0.05) is 23.8 Å². The number of benzene rings is 2. The predicted octanol–water partition coefficient (Wildman–Crippen LogP) is 3.75. The maximum atomic E-state index is 12.8. The van der Waals surface area contributed by atoms with Gasteiger partial charge in [0.25, 0.3) is 0 Å². The van der Waals surface area contributed by atoms with Crippen molar-refractivity contribution < 1.29 is 8.42 Å². The summed E-state index contributed by atoms with van der Waals surface area (Å²) in [4.78, 5) is 8.50. The van der Waals surface area contributed by atoms with E-state index in [1.54, 1.807) is 16.4 Å². The number of nitrogens with zero attached hydrogens (tertiary/aromatic N) is 2. The molecule has 1 fully saturated rings. The van der Waals surface area contributed by atoms with E-state index in [0.29, 0.717) is 18.0 Å². The van der Waals surface area contributed by atoms with E-state index < -0.39 is 10.0 Å². The second-order valence-corrected chi connectivity index (χ2v) is 9.07. The Morgan fingerprint density at radius 1 is 1.00 bits per heavy atom. The lowest BCUT2D eigenvalue weighted by Crippen LogP contribution is -2.38. The van der Waals surface area contributed by atoms with Gasteiger partial charge in [-0.15, -0.1) is 0 Å². The minimum atomic E-state index is -3.41. The van der Waals surface area contributed by atoms with Gasteiger partial charge in [-0.2, -0.15) is 4.31 Å². The van der Waals surface area contributed by atoms with Crippen LogP contribution in [0.3, 0.4) is 0 Å². The van der Waals surface area contributed by atoms with Crippen LogP contribution in [0.5, 0.6) is 0 Å². The van der Waals surface area contributed by atoms with Crippen molar-refractivity contribution in [1.82, 2.24) is 14.3 Å². The highest BCUT2D eigenvalue weighted by Gasteiger charge is 2.31. The summed E-state index contributed by atoms with van der Waals surface area (Å²) >= 11 is 0. The first-order valence-electron chi connectivity index (χ1n) is 8.96. The lowest BCUT2D eigenvalue weighted by molar-refractivity contribution is 0.314. The Balaban J connectivity index is 1.50. The van der Waals surface area contributed by atoms with Crippen molar-refractivity contribution in [2.45, 2.75) is 37.5 Å². The van der Waals surface area contributed by atoms with Gasteiger partial charge in [0.15, 0.2) is 0 Å². The molecule has 5 nitrogen and oxygen atoms in total. The molecule has 0 radical (unpaired) electrons. The molecule has 26 heavy (non-hydrogen) atoms. The van der Waals surface area contributed by atoms with Crippen LogP contribution in [-0.4, -0.2) is 35.8 Å². The summed E-state index contributed by atoms with van der Waals surface area (Å²) in [5.74, 6) is 1.24. The lowest BCUT2D eigenvalue weighted by atomic mass is 9.97. The van der Waals surface area contributed by atoms with Gasteiger partial charge in [-0.25, -0.2) is 13.4 Å². The maximum absolute atomic E-state index is 12.8. The van der Waals surface area contributed by atoms with Crippen molar-refractivity contribution in [2.75, 3.05) is 13.1 Å². The number of fused-ring (bicyclic) bond motifs is 1. The van der Waals surface area contributed by atoms with Crippen molar-refractivity contribution in [3.63, 3.8) is 0 Å². The van der Waals surface area contributed by atoms with Crippen molar-refractivity contribution in [1.29, 1.82) is 0 Å². The lowest BCUT2D eigenvalue weighted by Gasteiger charge is -2.30. The van der Waals surface area contributed by atoms with Crippen LogP contribution in [0.2, 0.25) is 0 Å². The fraction of sp³-hybridized carbons (Fsp3) is 0.350. The van der Waals surface area contributed by atoms with E-state index in [1.165, 1.54) is 5.56 Å². The average molecular weight is 369 g/mol. The third kappa shape index (κ3) is 3.15. The van der Waals surface area contributed by atoms with E-state index in [1.807, 2.05) is 25.1 Å². The zero-order chi connectivity index (χ0) is 18.3. The standard InChI is InChI=1S/C20H23N3O2S/c1-14-3-6-17(7-4-14)26(24,25)23-11-9-16(10-12-23)20-21-18-8-5-15(2)13-19(18)22-20/h3-8,13,16H,9-12H2,1-2H3,(H,21,22). The molecule has 1 saturated heterocycles. The Labute approximate surface area is 154 Å². The molecule has 2 aromatic carbocycles. The summed E-state index contributed by atoms with van der Waals surface area (Å²) in [6.07, 6.45) is 1.56. The molecule has 6 heteroatoms. The van der Waals surface area contributed by atoms with E-state index in [-0.39, 0.29) is 5.92 Å². The number of aromatic amines is 1. The summed E-state index contributed by atoms with van der Waals surface area (Å²) in [6, 6.07) is 13.3. The fourth-order valence-corrected chi connectivity index (χ4v) is 5.04. The van der Waals surface area contributed by atoms with Crippen LogP contribution < -0.4 is 0 Å². The number of hydrogen-bond donors (Lipinski definition) is 1. The number of sulfonamides is 1. The van der Waals surface area contributed by atoms with E-state index >= 15 is 0 Å². The minimum absolute atomic E-state index is 0.271. The maximum Gasteiger partial charge on any atom is 0.243 e. The summed E-state index contributed by atoms with van der Waals surface area (Å²) in [7, 11) is -3.41. The Morgan fingerprint density at radius 3 is 2.35 bits per heavy atom. The molecule has 0 spiro atoms. The number of nitrogens with one attached hydrogen (secondary N) is 1. The zero-order valence-electron chi connectivity index (χ0n) is 15.1. The molecule has 0 aliphatic carbocycles. The van der Waals surface area contributed by atoms with Gasteiger partial charge in [0.05, 0.1) is 15.9 Å². The molecule has 0 atom stereocenters. The molecule has 2 heterocycles. The van der Waals surface area contributed by atoms with Crippen LogP contribution in [0.15, 0.2) is 47.4 Å². The molecule has 1 aromatic heterocycles. The SMILES string of the molecule is Cc1ccc(S(=O)(=O)N2CCC(c3nc4ccc(C)cc4[nH]3)CC2)cc1. The quantitative estimate of drug-likeness (QED) is 0.765. The largest absolute Gasteiger partial charge is 0.342 e. The molecule has 1 N–H and O–H groups in total. The number of imidazole rings is 1. The Hall–Kier alpha value is -2.18. The zero-order valence-corrected chi connectivity index (χ0v) is 15.9. The second-order valence-electron chi connectivity index (χ2n) is 7.13. The molecule has 3 aromatic rings. The van der Waals surface area contributed by atoms with Crippen LogP contribution in [0, 0.1) is 13.8 Å². The highest BCUT2D eigenvalue weighted by atomic mass is 32.2. The Morgan fingerprint density at radius 2 is 1.65 bits per heavy atom. The van der Waals surface area contributed by atoms with Gasteiger partial charge in [0, 0.05) is 19.0 Å². The highest BCUT2D eigenvalue weighted by Crippen LogP contribution is 2.30. The minimum Gasteiger partial charge on any atom is -0.342 e. The van der Waals surface area contributed by atoms with E-state index in [0.717, 1.165) is 35.3 Å². The molecule has 0 amide bonds. The molecule has 0 saturated carbocycles. The molecular weight excluding hydrogens is 346 g/mol. The topological polar surface area (TPSA) is 66.1 Å². The van der Waals surface area contributed by atoms with Crippen molar-refractivity contribution in [2.24, 2.45) is 0 Å². The summed E-state index contributed by atoms with van der Waals surface area (Å²) < 4.78 is 27.2. The monoisotopic (exact) mass is 369 g/mol. The third-order valence-electron chi connectivity index (χ3n) is 5.16. The van der Waals surface area contributed by atoms with Gasteiger partial charge in [0.1, 0.15) is 5.82 Å². The van der Waals surface area contributed by atoms with Gasteiger partial charge >= 0.3 is 0 Å². The first kappa shape index (κ1) is 17.2. The molecule has 136 valence electrons. The molecule has 4 rings (SSSR count). The van der Waals surface area contributed by atoms with Crippen LogP contribution in [0.1, 0.15) is 35.7 Å². The van der Waals surface area contributed by atoms with Crippen molar-refractivity contribution in [3.05, 3.63) is 59.4 Å². The molecule has 1 aliphatic rings. The van der Waals surface area contributed by atoms with Gasteiger partial charge < -0.3 is 4.98 Å².